The summed E-state index contributed by atoms with van der Waals surface area (Å²) in [6.07, 6.45) is 5.95. The van der Waals surface area contributed by atoms with Crippen molar-refractivity contribution in [1.82, 2.24) is 10.2 Å². The number of hydrogen-bond acceptors (Lipinski definition) is 2. The lowest BCUT2D eigenvalue weighted by atomic mass is 9.95. The normalized spacial score (nSPS) is 26.7. The lowest BCUT2D eigenvalue weighted by molar-refractivity contribution is -0.152. The molecule has 0 aromatic carbocycles. The molecule has 1 heterocycles. The van der Waals surface area contributed by atoms with Gasteiger partial charge in [0, 0.05) is 0 Å². The number of piperazine rings is 1. The molecule has 17 heavy (non-hydrogen) atoms. The molecule has 1 aliphatic heterocycles. The van der Waals surface area contributed by atoms with Crippen LogP contribution in [0.15, 0.2) is 0 Å². The topological polar surface area (TPSA) is 49.4 Å². The Kier molecular flexibility index (Phi) is 4.17. The molecule has 0 radical (unpaired) electrons. The Morgan fingerprint density at radius 3 is 2.41 bits per heavy atom. The minimum absolute atomic E-state index is 0.0664. The van der Waals surface area contributed by atoms with E-state index in [1.165, 1.54) is 0 Å². The maximum absolute atomic E-state index is 12.3. The SMILES string of the molecule is C#CC(C)N1C(=O)C(C(C)C)NC(=O)C1CC. The predicted molar refractivity (Wildman–Crippen MR) is 66.0 cm³/mol. The van der Waals surface area contributed by atoms with Gasteiger partial charge >= 0.3 is 0 Å². The Morgan fingerprint density at radius 2 is 2.00 bits per heavy atom. The van der Waals surface area contributed by atoms with Gasteiger partial charge in [0.2, 0.25) is 11.8 Å². The molecule has 1 N–H and O–H groups in total. The highest BCUT2D eigenvalue weighted by molar-refractivity contribution is 5.97. The van der Waals surface area contributed by atoms with Crippen LogP contribution in [0, 0.1) is 18.3 Å². The highest BCUT2D eigenvalue weighted by atomic mass is 16.2. The van der Waals surface area contributed by atoms with E-state index in [-0.39, 0.29) is 23.8 Å². The number of hydrogen-bond donors (Lipinski definition) is 1. The van der Waals surface area contributed by atoms with Gasteiger partial charge in [-0.05, 0) is 19.3 Å². The van der Waals surface area contributed by atoms with Crippen molar-refractivity contribution in [2.75, 3.05) is 0 Å². The van der Waals surface area contributed by atoms with E-state index in [0.29, 0.717) is 6.42 Å². The first kappa shape index (κ1) is 13.6. The lowest BCUT2D eigenvalue weighted by Gasteiger charge is -2.41. The van der Waals surface area contributed by atoms with Gasteiger partial charge in [-0.1, -0.05) is 26.7 Å². The van der Waals surface area contributed by atoms with Crippen LogP contribution in [-0.2, 0) is 9.59 Å². The smallest absolute Gasteiger partial charge is 0.247 e. The van der Waals surface area contributed by atoms with Crippen molar-refractivity contribution in [1.29, 1.82) is 0 Å². The summed E-state index contributed by atoms with van der Waals surface area (Å²) in [6, 6.07) is -1.25. The van der Waals surface area contributed by atoms with Crippen molar-refractivity contribution in [3.63, 3.8) is 0 Å². The molecule has 1 saturated heterocycles. The molecule has 0 aromatic heterocycles. The average Bonchev–Trinajstić information content (AvgIpc) is 2.29. The van der Waals surface area contributed by atoms with Crippen molar-refractivity contribution < 1.29 is 9.59 Å². The van der Waals surface area contributed by atoms with E-state index < -0.39 is 12.1 Å². The first-order chi connectivity index (χ1) is 7.93. The number of carbonyl (C=O) groups is 2. The van der Waals surface area contributed by atoms with Crippen molar-refractivity contribution in [2.24, 2.45) is 5.92 Å². The third-order valence-corrected chi connectivity index (χ3v) is 3.17. The van der Waals surface area contributed by atoms with Gasteiger partial charge in [0.1, 0.15) is 12.1 Å². The molecule has 0 bridgehead atoms. The Labute approximate surface area is 103 Å². The number of amides is 2. The first-order valence-electron chi connectivity index (χ1n) is 6.02. The molecule has 0 spiro atoms. The fourth-order valence-corrected chi connectivity index (χ4v) is 2.13. The average molecular weight is 236 g/mol. The number of nitrogens with one attached hydrogen (secondary N) is 1. The highest BCUT2D eigenvalue weighted by Crippen LogP contribution is 2.19. The minimum atomic E-state index is -0.457. The monoisotopic (exact) mass is 236 g/mol. The van der Waals surface area contributed by atoms with Crippen molar-refractivity contribution in [2.45, 2.75) is 52.2 Å². The van der Waals surface area contributed by atoms with E-state index in [9.17, 15) is 9.59 Å². The Bertz CT molecular complexity index is 357. The van der Waals surface area contributed by atoms with Crippen LogP contribution in [0.2, 0.25) is 0 Å². The second kappa shape index (κ2) is 5.22. The maximum atomic E-state index is 12.3. The molecular weight excluding hydrogens is 216 g/mol. The Morgan fingerprint density at radius 1 is 1.41 bits per heavy atom. The minimum Gasteiger partial charge on any atom is -0.342 e. The third kappa shape index (κ3) is 2.44. The molecule has 4 nitrogen and oxygen atoms in total. The van der Waals surface area contributed by atoms with Crippen LogP contribution in [0.25, 0.3) is 0 Å². The van der Waals surface area contributed by atoms with Crippen LogP contribution in [0.3, 0.4) is 0 Å². The second-order valence-electron chi connectivity index (χ2n) is 4.74. The summed E-state index contributed by atoms with van der Waals surface area (Å²) in [6.45, 7) is 7.47. The molecule has 2 amide bonds. The van der Waals surface area contributed by atoms with Crippen LogP contribution in [0.1, 0.15) is 34.1 Å². The van der Waals surface area contributed by atoms with E-state index in [2.05, 4.69) is 11.2 Å². The van der Waals surface area contributed by atoms with E-state index >= 15 is 0 Å². The van der Waals surface area contributed by atoms with E-state index in [1.807, 2.05) is 20.8 Å². The van der Waals surface area contributed by atoms with E-state index in [0.717, 1.165) is 0 Å². The van der Waals surface area contributed by atoms with Gasteiger partial charge < -0.3 is 10.2 Å². The summed E-state index contributed by atoms with van der Waals surface area (Å²) < 4.78 is 0. The van der Waals surface area contributed by atoms with Crippen LogP contribution in [-0.4, -0.2) is 34.8 Å². The molecular formula is C13H20N2O2. The van der Waals surface area contributed by atoms with E-state index in [4.69, 9.17) is 6.42 Å². The largest absolute Gasteiger partial charge is 0.342 e. The standard InChI is InChI=1S/C13H20N2O2/c1-6-9(5)15-10(7-2)12(16)14-11(8(3)4)13(15)17/h1,8-11H,7H2,2-5H3,(H,14,16). The lowest BCUT2D eigenvalue weighted by Crippen LogP contribution is -2.66. The van der Waals surface area contributed by atoms with Crippen LogP contribution >= 0.6 is 0 Å². The van der Waals surface area contributed by atoms with Gasteiger partial charge in [0.15, 0.2) is 0 Å². The Hall–Kier alpha value is -1.50. The molecule has 0 aliphatic carbocycles. The molecule has 4 heteroatoms. The zero-order valence-electron chi connectivity index (χ0n) is 10.9. The van der Waals surface area contributed by atoms with Crippen molar-refractivity contribution >= 4 is 11.8 Å². The predicted octanol–water partition coefficient (Wildman–Crippen LogP) is 0.770. The highest BCUT2D eigenvalue weighted by Gasteiger charge is 2.42. The molecule has 1 aliphatic rings. The Balaban J connectivity index is 3.06. The quantitative estimate of drug-likeness (QED) is 0.736. The van der Waals surface area contributed by atoms with E-state index in [1.54, 1.807) is 11.8 Å². The summed E-state index contributed by atoms with van der Waals surface area (Å²) in [5, 5.41) is 2.78. The number of carbonyl (C=O) groups excluding carboxylic acids is 2. The van der Waals surface area contributed by atoms with Crippen LogP contribution in [0.5, 0.6) is 0 Å². The summed E-state index contributed by atoms with van der Waals surface area (Å²) in [5.74, 6) is 2.42. The summed E-state index contributed by atoms with van der Waals surface area (Å²) in [4.78, 5) is 25.8. The third-order valence-electron chi connectivity index (χ3n) is 3.17. The van der Waals surface area contributed by atoms with Gasteiger partial charge in [-0.3, -0.25) is 9.59 Å². The summed E-state index contributed by atoms with van der Waals surface area (Å²) in [7, 11) is 0. The van der Waals surface area contributed by atoms with Crippen molar-refractivity contribution in [3.8, 4) is 12.3 Å². The van der Waals surface area contributed by atoms with Gasteiger partial charge in [0.25, 0.3) is 0 Å². The van der Waals surface area contributed by atoms with Crippen molar-refractivity contribution in [3.05, 3.63) is 0 Å². The molecule has 1 rings (SSSR count). The molecule has 3 unspecified atom stereocenters. The van der Waals surface area contributed by atoms with Crippen LogP contribution in [0.4, 0.5) is 0 Å². The fraction of sp³-hybridized carbons (Fsp3) is 0.692. The summed E-state index contributed by atoms with van der Waals surface area (Å²) >= 11 is 0. The maximum Gasteiger partial charge on any atom is 0.247 e. The summed E-state index contributed by atoms with van der Waals surface area (Å²) in [5.41, 5.74) is 0. The zero-order chi connectivity index (χ0) is 13.2. The molecule has 0 aromatic rings. The molecule has 1 fully saturated rings. The zero-order valence-corrected chi connectivity index (χ0v) is 10.9. The fourth-order valence-electron chi connectivity index (χ4n) is 2.13. The number of terminal acetylenes is 1. The molecule has 3 atom stereocenters. The first-order valence-corrected chi connectivity index (χ1v) is 6.02. The van der Waals surface area contributed by atoms with Crippen LogP contribution < -0.4 is 5.32 Å². The van der Waals surface area contributed by atoms with Gasteiger partial charge in [0.05, 0.1) is 6.04 Å². The second-order valence-corrected chi connectivity index (χ2v) is 4.74. The van der Waals surface area contributed by atoms with Gasteiger partial charge in [-0.15, -0.1) is 6.42 Å². The number of nitrogens with zero attached hydrogens (tertiary/aromatic N) is 1. The number of rotatable bonds is 3. The molecule has 94 valence electrons. The molecule has 0 saturated carbocycles. The van der Waals surface area contributed by atoms with Gasteiger partial charge in [-0.2, -0.15) is 0 Å². The van der Waals surface area contributed by atoms with Gasteiger partial charge in [-0.25, -0.2) is 0 Å².